The Morgan fingerprint density at radius 1 is 1.64 bits per heavy atom. The Morgan fingerprint density at radius 3 is 2.79 bits per heavy atom. The Morgan fingerprint density at radius 2 is 2.36 bits per heavy atom. The zero-order valence-corrected chi connectivity index (χ0v) is 10.3. The molecule has 78 valence electrons. The number of rotatable bonds is 5. The van der Waals surface area contributed by atoms with Gasteiger partial charge >= 0.3 is 0 Å². The number of halogens is 2. The van der Waals surface area contributed by atoms with Crippen LogP contribution in [0.2, 0.25) is 8.67 Å². The Kier molecular flexibility index (Phi) is 4.96. The number of hydrogen-bond donors (Lipinski definition) is 1. The summed E-state index contributed by atoms with van der Waals surface area (Å²) in [6.45, 7) is 6.70. The molecule has 4 heteroatoms. The monoisotopic (exact) mass is 249 g/mol. The van der Waals surface area contributed by atoms with Gasteiger partial charge in [0.05, 0.1) is 8.67 Å². The summed E-state index contributed by atoms with van der Waals surface area (Å²) >= 11 is 13.4. The van der Waals surface area contributed by atoms with Gasteiger partial charge in [0.25, 0.3) is 0 Å². The van der Waals surface area contributed by atoms with E-state index in [1.54, 1.807) is 0 Å². The molecule has 1 heterocycles. The van der Waals surface area contributed by atoms with Gasteiger partial charge < -0.3 is 5.32 Å². The highest BCUT2D eigenvalue weighted by atomic mass is 35.5. The van der Waals surface area contributed by atoms with E-state index >= 15 is 0 Å². The van der Waals surface area contributed by atoms with Crippen LogP contribution < -0.4 is 5.32 Å². The van der Waals surface area contributed by atoms with E-state index in [-0.39, 0.29) is 6.04 Å². The number of thiophene rings is 1. The highest BCUT2D eigenvalue weighted by Crippen LogP contribution is 2.36. The molecule has 0 radical (unpaired) electrons. The van der Waals surface area contributed by atoms with Crippen LogP contribution in [0, 0.1) is 0 Å². The maximum Gasteiger partial charge on any atom is 0.0992 e. The number of nitrogens with one attached hydrogen (secondary N) is 1. The highest BCUT2D eigenvalue weighted by Gasteiger charge is 2.15. The lowest BCUT2D eigenvalue weighted by Gasteiger charge is -2.14. The first-order valence-electron chi connectivity index (χ1n) is 4.48. The molecule has 0 saturated carbocycles. The lowest BCUT2D eigenvalue weighted by atomic mass is 10.1. The molecule has 0 fully saturated rings. The summed E-state index contributed by atoms with van der Waals surface area (Å²) in [6, 6.07) is 2.15. The highest BCUT2D eigenvalue weighted by molar-refractivity contribution is 7.20. The Hall–Kier alpha value is -0.0200. The second-order valence-corrected chi connectivity index (χ2v) is 5.20. The van der Waals surface area contributed by atoms with Crippen molar-refractivity contribution in [2.75, 3.05) is 6.54 Å². The van der Waals surface area contributed by atoms with Crippen LogP contribution in [0.25, 0.3) is 0 Å². The van der Waals surface area contributed by atoms with E-state index in [4.69, 9.17) is 23.2 Å². The molecule has 0 spiro atoms. The molecule has 14 heavy (non-hydrogen) atoms. The van der Waals surface area contributed by atoms with Crippen LogP contribution in [0.5, 0.6) is 0 Å². The standard InChI is InChI=1S/C10H13Cl2NS/c1-3-5-8(13-4-2)7-6-9(11)14-10(7)12/h3,6,8,13H,1,4-5H2,2H3. The molecule has 1 N–H and O–H groups in total. The topological polar surface area (TPSA) is 12.0 Å². The van der Waals surface area contributed by atoms with Gasteiger partial charge in [-0.25, -0.2) is 0 Å². The van der Waals surface area contributed by atoms with Crippen molar-refractivity contribution in [3.63, 3.8) is 0 Å². The molecule has 0 aromatic carbocycles. The molecule has 0 bridgehead atoms. The summed E-state index contributed by atoms with van der Waals surface area (Å²) in [5, 5.41) is 3.35. The first kappa shape index (κ1) is 12.1. The van der Waals surface area contributed by atoms with Gasteiger partial charge in [0.1, 0.15) is 0 Å². The quantitative estimate of drug-likeness (QED) is 0.769. The van der Waals surface area contributed by atoms with Crippen LogP contribution in [0.1, 0.15) is 24.9 Å². The van der Waals surface area contributed by atoms with E-state index in [1.807, 2.05) is 12.1 Å². The van der Waals surface area contributed by atoms with Crippen LogP contribution in [0.3, 0.4) is 0 Å². The molecule has 1 atom stereocenters. The van der Waals surface area contributed by atoms with E-state index in [1.165, 1.54) is 11.3 Å². The maximum absolute atomic E-state index is 6.07. The zero-order valence-electron chi connectivity index (χ0n) is 8.02. The molecule has 0 aliphatic carbocycles. The van der Waals surface area contributed by atoms with Crippen molar-refractivity contribution >= 4 is 34.5 Å². The third kappa shape index (κ3) is 2.99. The van der Waals surface area contributed by atoms with Crippen molar-refractivity contribution in [2.45, 2.75) is 19.4 Å². The summed E-state index contributed by atoms with van der Waals surface area (Å²) in [5.74, 6) is 0. The van der Waals surface area contributed by atoms with Gasteiger partial charge in [-0.2, -0.15) is 0 Å². The van der Waals surface area contributed by atoms with E-state index in [0.29, 0.717) is 0 Å². The summed E-state index contributed by atoms with van der Waals surface area (Å²) in [7, 11) is 0. The van der Waals surface area contributed by atoms with E-state index in [0.717, 1.165) is 27.2 Å². The van der Waals surface area contributed by atoms with Crippen molar-refractivity contribution in [1.82, 2.24) is 5.32 Å². The van der Waals surface area contributed by atoms with E-state index < -0.39 is 0 Å². The minimum Gasteiger partial charge on any atom is -0.310 e. The summed E-state index contributed by atoms with van der Waals surface area (Å²) < 4.78 is 1.50. The minimum absolute atomic E-state index is 0.230. The van der Waals surface area contributed by atoms with Gasteiger partial charge in [-0.05, 0) is 19.0 Å². The van der Waals surface area contributed by atoms with Crippen molar-refractivity contribution in [3.05, 3.63) is 33.0 Å². The largest absolute Gasteiger partial charge is 0.310 e. The fourth-order valence-electron chi connectivity index (χ4n) is 1.32. The zero-order chi connectivity index (χ0) is 10.6. The van der Waals surface area contributed by atoms with Crippen molar-refractivity contribution in [3.8, 4) is 0 Å². The van der Waals surface area contributed by atoms with E-state index in [9.17, 15) is 0 Å². The summed E-state index contributed by atoms with van der Waals surface area (Å²) in [6.07, 6.45) is 2.75. The summed E-state index contributed by atoms with van der Waals surface area (Å²) in [4.78, 5) is 0. The average molecular weight is 250 g/mol. The third-order valence-electron chi connectivity index (χ3n) is 1.91. The predicted molar refractivity (Wildman–Crippen MR) is 65.6 cm³/mol. The normalized spacial score (nSPS) is 12.8. The molecule has 1 aromatic rings. The molecule has 1 nitrogen and oxygen atoms in total. The first-order chi connectivity index (χ1) is 6.69. The van der Waals surface area contributed by atoms with Gasteiger partial charge in [0, 0.05) is 11.6 Å². The molecule has 0 aliphatic heterocycles. The van der Waals surface area contributed by atoms with Gasteiger partial charge in [0.15, 0.2) is 0 Å². The first-order valence-corrected chi connectivity index (χ1v) is 6.05. The average Bonchev–Trinajstić information content (AvgIpc) is 2.45. The summed E-state index contributed by atoms with van der Waals surface area (Å²) in [5.41, 5.74) is 1.07. The van der Waals surface area contributed by atoms with Crippen molar-refractivity contribution in [1.29, 1.82) is 0 Å². The second-order valence-electron chi connectivity index (χ2n) is 2.91. The van der Waals surface area contributed by atoms with Gasteiger partial charge in [-0.1, -0.05) is 36.2 Å². The SMILES string of the molecule is C=CCC(NCC)c1cc(Cl)sc1Cl. The molecule has 0 amide bonds. The minimum atomic E-state index is 0.230. The third-order valence-corrected chi connectivity index (χ3v) is 3.43. The molecule has 1 aromatic heterocycles. The fraction of sp³-hybridized carbons (Fsp3) is 0.400. The lowest BCUT2D eigenvalue weighted by Crippen LogP contribution is -2.19. The van der Waals surface area contributed by atoms with Crippen LogP contribution in [0.4, 0.5) is 0 Å². The Labute approximate surface area is 98.7 Å². The molecule has 0 aliphatic rings. The van der Waals surface area contributed by atoms with Crippen LogP contribution in [0.15, 0.2) is 18.7 Å². The Balaban J connectivity index is 2.85. The van der Waals surface area contributed by atoms with Crippen LogP contribution >= 0.6 is 34.5 Å². The predicted octanol–water partition coefficient (Wildman–Crippen LogP) is 4.28. The molecule has 0 saturated heterocycles. The Bertz CT molecular complexity index is 309. The number of hydrogen-bond acceptors (Lipinski definition) is 2. The van der Waals surface area contributed by atoms with Gasteiger partial charge in [0.2, 0.25) is 0 Å². The van der Waals surface area contributed by atoms with E-state index in [2.05, 4.69) is 18.8 Å². The van der Waals surface area contributed by atoms with Crippen molar-refractivity contribution in [2.24, 2.45) is 0 Å². The fourth-order valence-corrected chi connectivity index (χ4v) is 2.90. The van der Waals surface area contributed by atoms with Crippen LogP contribution in [-0.4, -0.2) is 6.54 Å². The lowest BCUT2D eigenvalue weighted by molar-refractivity contribution is 0.561. The maximum atomic E-state index is 6.07. The van der Waals surface area contributed by atoms with Gasteiger partial charge in [-0.15, -0.1) is 17.9 Å². The van der Waals surface area contributed by atoms with Crippen molar-refractivity contribution < 1.29 is 0 Å². The molecular weight excluding hydrogens is 237 g/mol. The van der Waals surface area contributed by atoms with Gasteiger partial charge in [-0.3, -0.25) is 0 Å². The molecule has 1 unspecified atom stereocenters. The second kappa shape index (κ2) is 5.76. The molecule has 1 rings (SSSR count). The smallest absolute Gasteiger partial charge is 0.0992 e. The molecular formula is C10H13Cl2NS. The van der Waals surface area contributed by atoms with Crippen LogP contribution in [-0.2, 0) is 0 Å².